The van der Waals surface area contributed by atoms with Crippen molar-refractivity contribution < 1.29 is 0 Å². The Kier molecular flexibility index (Phi) is 2.69. The van der Waals surface area contributed by atoms with E-state index in [0.717, 1.165) is 11.5 Å². The van der Waals surface area contributed by atoms with Crippen LogP contribution >= 0.6 is 0 Å². The van der Waals surface area contributed by atoms with Gasteiger partial charge in [0.15, 0.2) is 0 Å². The predicted octanol–water partition coefficient (Wildman–Crippen LogP) is 2.72. The monoisotopic (exact) mass is 178 g/mol. The molecule has 0 aliphatic rings. The molecule has 0 aliphatic carbocycles. The third kappa shape index (κ3) is 2.06. The van der Waals surface area contributed by atoms with Gasteiger partial charge >= 0.3 is 0 Å². The molecule has 1 aromatic rings. The van der Waals surface area contributed by atoms with Gasteiger partial charge in [0, 0.05) is 17.3 Å². The maximum absolute atomic E-state index is 4.46. The highest BCUT2D eigenvalue weighted by molar-refractivity contribution is 5.09. The van der Waals surface area contributed by atoms with Gasteiger partial charge in [-0.05, 0) is 18.9 Å². The van der Waals surface area contributed by atoms with E-state index in [-0.39, 0.29) is 5.41 Å². The molecule has 0 saturated heterocycles. The van der Waals surface area contributed by atoms with Gasteiger partial charge < -0.3 is 0 Å². The van der Waals surface area contributed by atoms with E-state index in [1.165, 1.54) is 0 Å². The first-order valence-corrected chi connectivity index (χ1v) is 4.74. The highest BCUT2D eigenvalue weighted by Gasteiger charge is 2.27. The Labute approximate surface area is 80.4 Å². The molecule has 0 aromatic carbocycles. The molecule has 2 heteroatoms. The van der Waals surface area contributed by atoms with Gasteiger partial charge in [0.25, 0.3) is 0 Å². The van der Waals surface area contributed by atoms with Crippen LogP contribution in [0.4, 0.5) is 0 Å². The van der Waals surface area contributed by atoms with Crippen molar-refractivity contribution in [3.05, 3.63) is 23.8 Å². The zero-order chi connectivity index (χ0) is 10.1. The first-order chi connectivity index (χ1) is 5.94. The maximum atomic E-state index is 4.46. The first kappa shape index (κ1) is 10.2. The zero-order valence-electron chi connectivity index (χ0n) is 9.13. The third-order valence-corrected chi connectivity index (χ3v) is 2.81. The molecule has 0 radical (unpaired) electrons. The second-order valence-electron chi connectivity index (χ2n) is 4.40. The molecule has 1 heterocycles. The fourth-order valence-electron chi connectivity index (χ4n) is 1.02. The van der Waals surface area contributed by atoms with Crippen molar-refractivity contribution in [1.29, 1.82) is 0 Å². The topological polar surface area (TPSA) is 25.8 Å². The van der Waals surface area contributed by atoms with E-state index in [9.17, 15) is 0 Å². The molecule has 0 atom stereocenters. The molecular weight excluding hydrogens is 160 g/mol. The lowest BCUT2D eigenvalue weighted by molar-refractivity contribution is 0.351. The van der Waals surface area contributed by atoms with E-state index in [2.05, 4.69) is 37.7 Å². The highest BCUT2D eigenvalue weighted by atomic mass is 14.9. The summed E-state index contributed by atoms with van der Waals surface area (Å²) in [7, 11) is 0. The van der Waals surface area contributed by atoms with E-state index in [1.54, 1.807) is 0 Å². The van der Waals surface area contributed by atoms with Crippen molar-refractivity contribution in [2.45, 2.75) is 40.0 Å². The number of aromatic nitrogens is 2. The van der Waals surface area contributed by atoms with Gasteiger partial charge in [-0.1, -0.05) is 27.7 Å². The maximum Gasteiger partial charge on any atom is 0.134 e. The van der Waals surface area contributed by atoms with E-state index >= 15 is 0 Å². The lowest BCUT2D eigenvalue weighted by Crippen LogP contribution is -2.27. The summed E-state index contributed by atoms with van der Waals surface area (Å²) < 4.78 is 0. The molecule has 0 spiro atoms. The summed E-state index contributed by atoms with van der Waals surface area (Å²) in [4.78, 5) is 8.78. The van der Waals surface area contributed by atoms with E-state index in [1.807, 2.05) is 19.2 Å². The Hall–Kier alpha value is -0.920. The minimum Gasteiger partial charge on any atom is -0.241 e. The van der Waals surface area contributed by atoms with Gasteiger partial charge in [-0.2, -0.15) is 0 Å². The third-order valence-electron chi connectivity index (χ3n) is 2.81. The van der Waals surface area contributed by atoms with Crippen LogP contribution in [-0.2, 0) is 5.41 Å². The van der Waals surface area contributed by atoms with Crippen molar-refractivity contribution in [1.82, 2.24) is 9.97 Å². The van der Waals surface area contributed by atoms with Crippen LogP contribution in [0.2, 0.25) is 0 Å². The molecule has 1 rings (SSSR count). The van der Waals surface area contributed by atoms with Crippen molar-refractivity contribution in [2.75, 3.05) is 0 Å². The smallest absolute Gasteiger partial charge is 0.134 e. The van der Waals surface area contributed by atoms with Gasteiger partial charge in [-0.15, -0.1) is 0 Å². The van der Waals surface area contributed by atoms with Crippen LogP contribution in [0.15, 0.2) is 12.3 Å². The molecule has 0 fully saturated rings. The summed E-state index contributed by atoms with van der Waals surface area (Å²) in [5.41, 5.74) is 1.10. The van der Waals surface area contributed by atoms with Gasteiger partial charge in [-0.3, -0.25) is 0 Å². The van der Waals surface area contributed by atoms with Crippen molar-refractivity contribution in [2.24, 2.45) is 5.92 Å². The van der Waals surface area contributed by atoms with Crippen molar-refractivity contribution >= 4 is 0 Å². The molecular formula is C11H18N2. The molecule has 0 bridgehead atoms. The van der Waals surface area contributed by atoms with Crippen LogP contribution in [0, 0.1) is 12.8 Å². The number of rotatable bonds is 2. The largest absolute Gasteiger partial charge is 0.241 e. The minimum absolute atomic E-state index is 0.0615. The average molecular weight is 178 g/mol. The first-order valence-electron chi connectivity index (χ1n) is 4.74. The Bertz CT molecular complexity index is 290. The molecule has 13 heavy (non-hydrogen) atoms. The summed E-state index contributed by atoms with van der Waals surface area (Å²) in [6, 6.07) is 1.93. The molecule has 0 aliphatic heterocycles. The van der Waals surface area contributed by atoms with Gasteiger partial charge in [0.05, 0.1) is 0 Å². The Morgan fingerprint density at radius 1 is 1.31 bits per heavy atom. The Balaban J connectivity index is 3.07. The Morgan fingerprint density at radius 2 is 1.92 bits per heavy atom. The number of hydrogen-bond acceptors (Lipinski definition) is 2. The van der Waals surface area contributed by atoms with Crippen LogP contribution in [0.1, 0.15) is 39.2 Å². The SMILES string of the molecule is Cc1ccnc(C(C)(C)C(C)C)n1. The van der Waals surface area contributed by atoms with Crippen LogP contribution in [0.5, 0.6) is 0 Å². The lowest BCUT2D eigenvalue weighted by atomic mass is 9.80. The summed E-state index contributed by atoms with van der Waals surface area (Å²) in [5, 5.41) is 0. The average Bonchev–Trinajstić information content (AvgIpc) is 2.04. The van der Waals surface area contributed by atoms with Gasteiger partial charge in [0.1, 0.15) is 5.82 Å². The zero-order valence-corrected chi connectivity index (χ0v) is 9.13. The van der Waals surface area contributed by atoms with Crippen LogP contribution in [0.3, 0.4) is 0 Å². The number of hydrogen-bond donors (Lipinski definition) is 0. The van der Waals surface area contributed by atoms with E-state index in [0.29, 0.717) is 5.92 Å². The lowest BCUT2D eigenvalue weighted by Gasteiger charge is -2.27. The minimum atomic E-state index is 0.0615. The fourth-order valence-corrected chi connectivity index (χ4v) is 1.02. The van der Waals surface area contributed by atoms with E-state index < -0.39 is 0 Å². The second-order valence-corrected chi connectivity index (χ2v) is 4.40. The quantitative estimate of drug-likeness (QED) is 0.696. The summed E-state index contributed by atoms with van der Waals surface area (Å²) in [6.07, 6.45) is 1.84. The van der Waals surface area contributed by atoms with Crippen LogP contribution < -0.4 is 0 Å². The summed E-state index contributed by atoms with van der Waals surface area (Å²) in [5.74, 6) is 1.50. The fraction of sp³-hybridized carbons (Fsp3) is 0.636. The van der Waals surface area contributed by atoms with Gasteiger partial charge in [-0.25, -0.2) is 9.97 Å². The number of aryl methyl sites for hydroxylation is 1. The van der Waals surface area contributed by atoms with E-state index in [4.69, 9.17) is 0 Å². The summed E-state index contributed by atoms with van der Waals surface area (Å²) >= 11 is 0. The van der Waals surface area contributed by atoms with Crippen molar-refractivity contribution in [3.63, 3.8) is 0 Å². The molecule has 0 N–H and O–H groups in total. The molecule has 2 nitrogen and oxygen atoms in total. The molecule has 1 aromatic heterocycles. The van der Waals surface area contributed by atoms with Gasteiger partial charge in [0.2, 0.25) is 0 Å². The molecule has 72 valence electrons. The highest BCUT2D eigenvalue weighted by Crippen LogP contribution is 2.28. The molecule has 0 saturated carbocycles. The number of nitrogens with zero attached hydrogens (tertiary/aromatic N) is 2. The normalized spacial score (nSPS) is 12.2. The molecule has 0 unspecified atom stereocenters. The molecule has 0 amide bonds. The Morgan fingerprint density at radius 3 is 2.38 bits per heavy atom. The van der Waals surface area contributed by atoms with Crippen molar-refractivity contribution in [3.8, 4) is 0 Å². The predicted molar refractivity (Wildman–Crippen MR) is 54.6 cm³/mol. The second kappa shape index (κ2) is 3.44. The summed E-state index contributed by atoms with van der Waals surface area (Å²) in [6.45, 7) is 10.8. The van der Waals surface area contributed by atoms with Crippen LogP contribution in [-0.4, -0.2) is 9.97 Å². The van der Waals surface area contributed by atoms with Crippen LogP contribution in [0.25, 0.3) is 0 Å². The standard InChI is InChI=1S/C11H18N2/c1-8(2)11(4,5)10-12-7-6-9(3)13-10/h6-8H,1-5H3.